The fourth-order valence-corrected chi connectivity index (χ4v) is 8.91. The molecule has 0 nitrogen and oxygen atoms in total. The summed E-state index contributed by atoms with van der Waals surface area (Å²) in [7, 11) is 0. The van der Waals surface area contributed by atoms with Crippen LogP contribution in [0.2, 0.25) is 0 Å². The van der Waals surface area contributed by atoms with Crippen LogP contribution < -0.4 is 0 Å². The molecule has 0 amide bonds. The van der Waals surface area contributed by atoms with Gasteiger partial charge in [-0.2, -0.15) is 0 Å². The Balaban J connectivity index is 0.00000112. The second kappa shape index (κ2) is 5.36. The topological polar surface area (TPSA) is 0 Å². The van der Waals surface area contributed by atoms with Gasteiger partial charge in [-0.3, -0.25) is 0 Å². The standard InChI is InChI=1S/C7H9.C5H5.CH2.ClH.Hf/c1-6-4-3-5-7(6)2;1-2-4-5-3-1;;;/h4H,5H2,1-2H3;1-3H,4H2;1H2;1H;. The van der Waals surface area contributed by atoms with E-state index >= 15 is 0 Å². The quantitative estimate of drug-likeness (QED) is 0.630. The molecule has 2 rings (SSSR count). The number of rotatable bonds is 2. The van der Waals surface area contributed by atoms with E-state index in [4.69, 9.17) is 0 Å². The molecular formula is C13H17ClHf. The van der Waals surface area contributed by atoms with Crippen LogP contribution in [0.25, 0.3) is 0 Å². The third kappa shape index (κ3) is 2.76. The van der Waals surface area contributed by atoms with Crippen molar-refractivity contribution < 1.29 is 21.0 Å². The summed E-state index contributed by atoms with van der Waals surface area (Å²) in [6.07, 6.45) is 11.6. The molecule has 0 aromatic heterocycles. The minimum absolute atomic E-state index is 0. The molecule has 0 atom stereocenters. The van der Waals surface area contributed by atoms with Gasteiger partial charge in [-0.1, -0.05) is 0 Å². The molecule has 2 heteroatoms. The van der Waals surface area contributed by atoms with Crippen LogP contribution in [0.3, 0.4) is 0 Å². The molecule has 0 heterocycles. The monoisotopic (exact) mass is 388 g/mol. The molecule has 80 valence electrons. The molecule has 0 bridgehead atoms. The normalized spacial score (nSPS) is 18.8. The minimum atomic E-state index is -1.76. The van der Waals surface area contributed by atoms with Gasteiger partial charge in [0.05, 0.1) is 0 Å². The van der Waals surface area contributed by atoms with Crippen LogP contribution in [0.15, 0.2) is 42.1 Å². The molecule has 0 fully saturated rings. The first-order valence-electron chi connectivity index (χ1n) is 5.11. The molecule has 0 radical (unpaired) electrons. The van der Waals surface area contributed by atoms with Crippen molar-refractivity contribution >= 4 is 16.7 Å². The number of allylic oxidation sites excluding steroid dienone is 8. The molecule has 0 saturated heterocycles. The zero-order chi connectivity index (χ0) is 10.1. The number of halogens is 1. The summed E-state index contributed by atoms with van der Waals surface area (Å²) in [5.74, 6) is 0. The van der Waals surface area contributed by atoms with Crippen molar-refractivity contribution in [2.75, 3.05) is 0 Å². The van der Waals surface area contributed by atoms with Crippen LogP contribution in [0, 0.1) is 0 Å². The molecule has 0 aliphatic heterocycles. The van der Waals surface area contributed by atoms with E-state index in [2.05, 4.69) is 42.4 Å². The van der Waals surface area contributed by atoms with Crippen LogP contribution in [-0.2, 0) is 21.0 Å². The summed E-state index contributed by atoms with van der Waals surface area (Å²) in [6.45, 7) is 4.47. The summed E-state index contributed by atoms with van der Waals surface area (Å²) < 4.78 is 7.85. The van der Waals surface area contributed by atoms with Crippen LogP contribution in [0.4, 0.5) is 0 Å². The average Bonchev–Trinajstić information content (AvgIpc) is 2.76. The first-order chi connectivity index (χ1) is 6.68. The summed E-state index contributed by atoms with van der Waals surface area (Å²) in [5.41, 5.74) is 3.04. The van der Waals surface area contributed by atoms with Gasteiger partial charge < -0.3 is 0 Å². The Hall–Kier alpha value is -0.00987. The first-order valence-corrected chi connectivity index (χ1v) is 11.2. The molecule has 0 aromatic rings. The van der Waals surface area contributed by atoms with Gasteiger partial charge in [0.2, 0.25) is 0 Å². The summed E-state index contributed by atoms with van der Waals surface area (Å²) in [4.78, 5) is 0. The molecule has 0 N–H and O–H groups in total. The van der Waals surface area contributed by atoms with E-state index in [9.17, 15) is 0 Å². The van der Waals surface area contributed by atoms with Gasteiger partial charge in [0.1, 0.15) is 0 Å². The van der Waals surface area contributed by atoms with Crippen LogP contribution >= 0.6 is 12.4 Å². The number of hydrogen-bond donors (Lipinski definition) is 0. The van der Waals surface area contributed by atoms with Crippen molar-refractivity contribution in [1.29, 1.82) is 0 Å². The maximum atomic E-state index is 4.48. The van der Waals surface area contributed by atoms with E-state index in [1.54, 1.807) is 12.2 Å². The molecule has 2 aliphatic carbocycles. The second-order valence-corrected chi connectivity index (χ2v) is 12.2. The molecule has 0 unspecified atom stereocenters. The summed E-state index contributed by atoms with van der Waals surface area (Å²) in [5, 5.41) is 0. The van der Waals surface area contributed by atoms with E-state index in [1.807, 2.05) is 0 Å². The molecule has 15 heavy (non-hydrogen) atoms. The predicted octanol–water partition coefficient (Wildman–Crippen LogP) is 3.93. The molecule has 0 spiro atoms. The summed E-state index contributed by atoms with van der Waals surface area (Å²) in [6, 6.07) is 0. The van der Waals surface area contributed by atoms with E-state index in [0.717, 1.165) is 0 Å². The molecule has 2 aliphatic rings. The Bertz CT molecular complexity index is 408. The Morgan fingerprint density at radius 1 is 1.27 bits per heavy atom. The van der Waals surface area contributed by atoms with Crippen LogP contribution in [-0.4, -0.2) is 4.26 Å². The van der Waals surface area contributed by atoms with E-state index < -0.39 is 21.0 Å². The Morgan fingerprint density at radius 3 is 2.47 bits per heavy atom. The Morgan fingerprint density at radius 2 is 2.00 bits per heavy atom. The van der Waals surface area contributed by atoms with Crippen molar-refractivity contribution in [3.05, 3.63) is 42.1 Å². The Kier molecular flexibility index (Phi) is 4.66. The van der Waals surface area contributed by atoms with Crippen LogP contribution in [0.5, 0.6) is 0 Å². The van der Waals surface area contributed by atoms with Crippen LogP contribution in [0.1, 0.15) is 26.7 Å². The van der Waals surface area contributed by atoms with Crippen molar-refractivity contribution in [2.45, 2.75) is 26.7 Å². The zero-order valence-electron chi connectivity index (χ0n) is 9.34. The molecule has 0 saturated carbocycles. The third-order valence-electron chi connectivity index (χ3n) is 3.07. The van der Waals surface area contributed by atoms with Gasteiger partial charge in [-0.25, -0.2) is 0 Å². The summed E-state index contributed by atoms with van der Waals surface area (Å²) >= 11 is -1.76. The average molecular weight is 387 g/mol. The predicted molar refractivity (Wildman–Crippen MR) is 67.3 cm³/mol. The molecular weight excluding hydrogens is 370 g/mol. The van der Waals surface area contributed by atoms with Crippen molar-refractivity contribution in [3.8, 4) is 0 Å². The van der Waals surface area contributed by atoms with Gasteiger partial charge in [0.15, 0.2) is 0 Å². The van der Waals surface area contributed by atoms with E-state index in [1.165, 1.54) is 18.4 Å². The van der Waals surface area contributed by atoms with Gasteiger partial charge in [0, 0.05) is 0 Å². The van der Waals surface area contributed by atoms with E-state index in [-0.39, 0.29) is 12.4 Å². The number of hydrogen-bond acceptors (Lipinski definition) is 0. The molecule has 0 aromatic carbocycles. The fourth-order valence-electron chi connectivity index (χ4n) is 1.93. The van der Waals surface area contributed by atoms with Crippen molar-refractivity contribution in [1.82, 2.24) is 0 Å². The van der Waals surface area contributed by atoms with E-state index in [0.29, 0.717) is 0 Å². The fraction of sp³-hybridized carbons (Fsp3) is 0.308. The van der Waals surface area contributed by atoms with Crippen molar-refractivity contribution in [2.24, 2.45) is 0 Å². The second-order valence-electron chi connectivity index (χ2n) is 4.11. The Labute approximate surface area is 106 Å². The third-order valence-corrected chi connectivity index (χ3v) is 11.1. The van der Waals surface area contributed by atoms with Gasteiger partial charge in [-0.15, -0.1) is 12.4 Å². The van der Waals surface area contributed by atoms with Gasteiger partial charge >= 0.3 is 94.0 Å². The SMILES string of the molecule is Cl.[CH2]=[Hf]([C]1=CC=CC1)[C]1=CC(C)=C(C)C1. The first kappa shape index (κ1) is 13.1. The van der Waals surface area contributed by atoms with Crippen molar-refractivity contribution in [3.63, 3.8) is 0 Å². The zero-order valence-corrected chi connectivity index (χ0v) is 13.7. The van der Waals surface area contributed by atoms with Gasteiger partial charge in [0.25, 0.3) is 0 Å². The van der Waals surface area contributed by atoms with Gasteiger partial charge in [-0.05, 0) is 0 Å². The maximum absolute atomic E-state index is 4.48.